The van der Waals surface area contributed by atoms with Crippen molar-refractivity contribution in [3.63, 3.8) is 0 Å². The molecule has 1 aromatic heterocycles. The van der Waals surface area contributed by atoms with Crippen LogP contribution in [0.1, 0.15) is 28.9 Å². The lowest BCUT2D eigenvalue weighted by atomic mass is 9.99. The summed E-state index contributed by atoms with van der Waals surface area (Å²) in [6.45, 7) is 1.53. The molecule has 5 rings (SSSR count). The van der Waals surface area contributed by atoms with Crippen molar-refractivity contribution >= 4 is 33.6 Å². The first kappa shape index (κ1) is 22.3. The van der Waals surface area contributed by atoms with E-state index in [4.69, 9.17) is 9.72 Å². The Morgan fingerprint density at radius 2 is 1.51 bits per heavy atom. The largest absolute Gasteiger partial charge is 0.452 e. The lowest BCUT2D eigenvalue weighted by Crippen LogP contribution is -2.31. The van der Waals surface area contributed by atoms with Crippen LogP contribution in [0.2, 0.25) is 0 Å². The van der Waals surface area contributed by atoms with E-state index in [2.05, 4.69) is 5.32 Å². The molecule has 0 fully saturated rings. The predicted molar refractivity (Wildman–Crippen MR) is 138 cm³/mol. The molecule has 5 heteroatoms. The smallest absolute Gasteiger partial charge is 0.339 e. The van der Waals surface area contributed by atoms with Crippen LogP contribution < -0.4 is 5.32 Å². The van der Waals surface area contributed by atoms with Gasteiger partial charge in [0.05, 0.1) is 22.8 Å². The molecule has 5 aromatic rings. The molecular formula is C30H24N2O3. The van der Waals surface area contributed by atoms with Crippen molar-refractivity contribution in [1.29, 1.82) is 0 Å². The van der Waals surface area contributed by atoms with Crippen molar-refractivity contribution in [2.24, 2.45) is 0 Å². The molecule has 1 amide bonds. The maximum atomic E-state index is 13.1. The van der Waals surface area contributed by atoms with E-state index in [1.165, 1.54) is 0 Å². The Kier molecular flexibility index (Phi) is 6.22. The van der Waals surface area contributed by atoms with E-state index in [0.717, 1.165) is 21.9 Å². The number of nitrogens with zero attached hydrogens (tertiary/aromatic N) is 1. The average Bonchev–Trinajstić information content (AvgIpc) is 2.91. The molecular weight excluding hydrogens is 436 g/mol. The number of nitrogens with one attached hydrogen (secondary N) is 1. The molecule has 0 saturated carbocycles. The van der Waals surface area contributed by atoms with E-state index < -0.39 is 5.97 Å². The second-order valence-electron chi connectivity index (χ2n) is 8.37. The molecule has 172 valence electrons. The van der Waals surface area contributed by atoms with E-state index in [1.807, 2.05) is 104 Å². The summed E-state index contributed by atoms with van der Waals surface area (Å²) in [5.74, 6) is -0.921. The van der Waals surface area contributed by atoms with Crippen LogP contribution in [0.3, 0.4) is 0 Å². The first-order valence-corrected chi connectivity index (χ1v) is 11.5. The molecule has 0 radical (unpaired) electrons. The zero-order valence-corrected chi connectivity index (χ0v) is 19.3. The van der Waals surface area contributed by atoms with Gasteiger partial charge in [-0.3, -0.25) is 4.79 Å². The van der Waals surface area contributed by atoms with Gasteiger partial charge in [0.1, 0.15) is 0 Å². The first-order valence-electron chi connectivity index (χ1n) is 11.5. The number of carbonyl (C=O) groups excluding carboxylic acids is 2. The highest BCUT2D eigenvalue weighted by Crippen LogP contribution is 2.30. The summed E-state index contributed by atoms with van der Waals surface area (Å²) in [4.78, 5) is 30.4. The fourth-order valence-electron chi connectivity index (χ4n) is 4.25. The number of ether oxygens (including phenoxy) is 1. The van der Waals surface area contributed by atoms with Gasteiger partial charge >= 0.3 is 5.97 Å². The number of hydrogen-bond acceptors (Lipinski definition) is 4. The number of aromatic nitrogens is 1. The molecule has 5 nitrogen and oxygen atoms in total. The maximum Gasteiger partial charge on any atom is 0.339 e. The summed E-state index contributed by atoms with van der Waals surface area (Å²) < 4.78 is 5.43. The number of rotatable bonds is 6. The lowest BCUT2D eigenvalue weighted by Gasteiger charge is -2.15. The monoisotopic (exact) mass is 460 g/mol. The molecule has 0 aliphatic carbocycles. The topological polar surface area (TPSA) is 68.3 Å². The molecule has 0 saturated heterocycles. The Morgan fingerprint density at radius 3 is 2.34 bits per heavy atom. The van der Waals surface area contributed by atoms with Crippen molar-refractivity contribution < 1.29 is 14.3 Å². The van der Waals surface area contributed by atoms with Gasteiger partial charge in [0.2, 0.25) is 0 Å². The molecule has 35 heavy (non-hydrogen) atoms. The third kappa shape index (κ3) is 4.75. The summed E-state index contributed by atoms with van der Waals surface area (Å²) in [7, 11) is 0. The van der Waals surface area contributed by atoms with E-state index in [1.54, 1.807) is 6.07 Å². The number of para-hydroxylation sites is 1. The second kappa shape index (κ2) is 9.77. The van der Waals surface area contributed by atoms with E-state index in [-0.39, 0.29) is 18.6 Å². The maximum absolute atomic E-state index is 13.1. The Labute approximate surface area is 203 Å². The van der Waals surface area contributed by atoms with Crippen molar-refractivity contribution in [3.05, 3.63) is 114 Å². The van der Waals surface area contributed by atoms with Gasteiger partial charge in [0.15, 0.2) is 6.61 Å². The standard InChI is InChI=1S/C30H24N2O3/c1-20(21-10-3-2-4-11-21)31-29(33)19-35-30(34)26-18-28(32-27-17-8-7-15-25(26)27)24-16-9-13-22-12-5-6-14-23(22)24/h2-18,20H,19H2,1H3,(H,31,33). The van der Waals surface area contributed by atoms with Gasteiger partial charge in [-0.1, -0.05) is 91.0 Å². The van der Waals surface area contributed by atoms with Gasteiger partial charge in [-0.15, -0.1) is 0 Å². The first-order chi connectivity index (χ1) is 17.1. The van der Waals surface area contributed by atoms with Crippen molar-refractivity contribution in [1.82, 2.24) is 10.3 Å². The van der Waals surface area contributed by atoms with Crippen molar-refractivity contribution in [2.75, 3.05) is 6.61 Å². The van der Waals surface area contributed by atoms with Crippen LogP contribution in [0, 0.1) is 0 Å². The van der Waals surface area contributed by atoms with Crippen molar-refractivity contribution in [3.8, 4) is 11.3 Å². The molecule has 1 N–H and O–H groups in total. The number of fused-ring (bicyclic) bond motifs is 2. The van der Waals surface area contributed by atoms with Gasteiger partial charge in [-0.25, -0.2) is 9.78 Å². The predicted octanol–water partition coefficient (Wildman–Crippen LogP) is 6.09. The number of pyridine rings is 1. The minimum absolute atomic E-state index is 0.192. The molecule has 4 aromatic carbocycles. The van der Waals surface area contributed by atoms with E-state index in [9.17, 15) is 9.59 Å². The fourth-order valence-corrected chi connectivity index (χ4v) is 4.25. The van der Waals surface area contributed by atoms with Gasteiger partial charge in [-0.2, -0.15) is 0 Å². The van der Waals surface area contributed by atoms with E-state index in [0.29, 0.717) is 22.2 Å². The van der Waals surface area contributed by atoms with Crippen LogP contribution >= 0.6 is 0 Å². The summed E-state index contributed by atoms with van der Waals surface area (Å²) >= 11 is 0. The number of esters is 1. The third-order valence-corrected chi connectivity index (χ3v) is 6.01. The van der Waals surface area contributed by atoms with Gasteiger partial charge in [-0.05, 0) is 35.4 Å². The van der Waals surface area contributed by atoms with Gasteiger partial charge in [0, 0.05) is 10.9 Å². The Morgan fingerprint density at radius 1 is 0.829 bits per heavy atom. The summed E-state index contributed by atoms with van der Waals surface area (Å²) in [6.07, 6.45) is 0. The van der Waals surface area contributed by atoms with Gasteiger partial charge in [0.25, 0.3) is 5.91 Å². The van der Waals surface area contributed by atoms with Crippen LogP contribution in [0.15, 0.2) is 103 Å². The Balaban J connectivity index is 1.41. The van der Waals surface area contributed by atoms with Gasteiger partial charge < -0.3 is 10.1 Å². The molecule has 0 aliphatic heterocycles. The number of carbonyl (C=O) groups is 2. The minimum atomic E-state index is -0.562. The summed E-state index contributed by atoms with van der Waals surface area (Å²) in [5, 5.41) is 5.69. The van der Waals surface area contributed by atoms with Crippen LogP contribution in [0.4, 0.5) is 0 Å². The average molecular weight is 461 g/mol. The summed E-state index contributed by atoms with van der Waals surface area (Å²) in [6, 6.07) is 32.7. The van der Waals surface area contributed by atoms with Crippen LogP contribution in [-0.2, 0) is 9.53 Å². The highest BCUT2D eigenvalue weighted by Gasteiger charge is 2.18. The molecule has 1 atom stereocenters. The number of amides is 1. The second-order valence-corrected chi connectivity index (χ2v) is 8.37. The van der Waals surface area contributed by atoms with E-state index >= 15 is 0 Å². The zero-order valence-electron chi connectivity index (χ0n) is 19.3. The van der Waals surface area contributed by atoms with Crippen LogP contribution in [0.25, 0.3) is 32.9 Å². The highest BCUT2D eigenvalue weighted by atomic mass is 16.5. The molecule has 0 bridgehead atoms. The minimum Gasteiger partial charge on any atom is -0.452 e. The van der Waals surface area contributed by atoms with Crippen molar-refractivity contribution in [2.45, 2.75) is 13.0 Å². The molecule has 1 heterocycles. The van der Waals surface area contributed by atoms with Crippen LogP contribution in [-0.4, -0.2) is 23.5 Å². The normalized spacial score (nSPS) is 11.8. The Hall–Kier alpha value is -4.51. The third-order valence-electron chi connectivity index (χ3n) is 6.01. The zero-order chi connectivity index (χ0) is 24.2. The lowest BCUT2D eigenvalue weighted by molar-refractivity contribution is -0.124. The number of hydrogen-bond donors (Lipinski definition) is 1. The Bertz CT molecular complexity index is 1520. The quantitative estimate of drug-likeness (QED) is 0.311. The highest BCUT2D eigenvalue weighted by molar-refractivity contribution is 6.06. The SMILES string of the molecule is CC(NC(=O)COC(=O)c1cc(-c2cccc3ccccc23)nc2ccccc12)c1ccccc1. The number of benzene rings is 4. The van der Waals surface area contributed by atoms with Crippen LogP contribution in [0.5, 0.6) is 0 Å². The molecule has 0 spiro atoms. The summed E-state index contributed by atoms with van der Waals surface area (Å²) in [5.41, 5.74) is 3.65. The fraction of sp³-hybridized carbons (Fsp3) is 0.100. The molecule has 1 unspecified atom stereocenters. The molecule has 0 aliphatic rings.